The molecule has 1 aromatic carbocycles. The van der Waals surface area contributed by atoms with Gasteiger partial charge in [0.05, 0.1) is 0 Å². The van der Waals surface area contributed by atoms with E-state index in [-0.39, 0.29) is 17.1 Å². The van der Waals surface area contributed by atoms with Gasteiger partial charge in [0.2, 0.25) is 0 Å². The third-order valence-electron chi connectivity index (χ3n) is 4.48. The summed E-state index contributed by atoms with van der Waals surface area (Å²) < 4.78 is 16.6. The zero-order valence-corrected chi connectivity index (χ0v) is 14.4. The summed E-state index contributed by atoms with van der Waals surface area (Å²) in [7, 11) is 3.09. The Balaban J connectivity index is 1.91. The van der Waals surface area contributed by atoms with Crippen molar-refractivity contribution in [3.05, 3.63) is 67.2 Å². The van der Waals surface area contributed by atoms with E-state index >= 15 is 0 Å². The van der Waals surface area contributed by atoms with Crippen LogP contribution in [0, 0.1) is 5.82 Å². The maximum absolute atomic E-state index is 14.1. The van der Waals surface area contributed by atoms with Gasteiger partial charge < -0.3 is 0 Å². The molecule has 7 heteroatoms. The van der Waals surface area contributed by atoms with Gasteiger partial charge in [0.15, 0.2) is 0 Å². The van der Waals surface area contributed by atoms with Crippen LogP contribution < -0.4 is 11.2 Å². The Morgan fingerprint density at radius 3 is 2.54 bits per heavy atom. The highest BCUT2D eigenvalue weighted by molar-refractivity contribution is 6.31. The average Bonchev–Trinajstić information content (AvgIpc) is 3.37. The first-order valence-corrected chi connectivity index (χ1v) is 8.19. The van der Waals surface area contributed by atoms with Crippen molar-refractivity contribution in [2.45, 2.75) is 32.0 Å². The molecule has 1 fully saturated rings. The van der Waals surface area contributed by atoms with Crippen molar-refractivity contribution in [1.29, 1.82) is 0 Å². The molecule has 1 aromatic heterocycles. The lowest BCUT2D eigenvalue weighted by atomic mass is 10.2. The van der Waals surface area contributed by atoms with Gasteiger partial charge in [-0.25, -0.2) is 9.18 Å². The molecule has 0 atom stereocenters. The lowest BCUT2D eigenvalue weighted by Gasteiger charge is -2.24. The lowest BCUT2D eigenvalue weighted by molar-refractivity contribution is 0.235. The van der Waals surface area contributed by atoms with Crippen LogP contribution >= 0.6 is 11.6 Å². The van der Waals surface area contributed by atoms with Gasteiger partial charge in [0, 0.05) is 55.6 Å². The minimum absolute atomic E-state index is 0.319. The minimum atomic E-state index is -0.364. The maximum atomic E-state index is 14.1. The Labute approximate surface area is 143 Å². The van der Waals surface area contributed by atoms with E-state index in [1.165, 1.54) is 23.7 Å². The molecule has 128 valence electrons. The maximum Gasteiger partial charge on any atom is 0.330 e. The monoisotopic (exact) mass is 351 g/mol. The van der Waals surface area contributed by atoms with Gasteiger partial charge >= 0.3 is 5.69 Å². The molecule has 2 aromatic rings. The predicted octanol–water partition coefficient (Wildman–Crippen LogP) is 2.04. The van der Waals surface area contributed by atoms with Crippen LogP contribution in [0.15, 0.2) is 33.9 Å². The van der Waals surface area contributed by atoms with Gasteiger partial charge in [0.25, 0.3) is 5.56 Å². The summed E-state index contributed by atoms with van der Waals surface area (Å²) >= 11 is 6.13. The van der Waals surface area contributed by atoms with Crippen LogP contribution in [0.4, 0.5) is 4.39 Å². The molecule has 0 aliphatic heterocycles. The number of hydrogen-bond acceptors (Lipinski definition) is 3. The number of hydrogen-bond donors (Lipinski definition) is 0. The highest BCUT2D eigenvalue weighted by Crippen LogP contribution is 2.31. The number of rotatable bonds is 5. The van der Waals surface area contributed by atoms with Gasteiger partial charge in [-0.2, -0.15) is 0 Å². The van der Waals surface area contributed by atoms with Crippen LogP contribution in [0.25, 0.3) is 0 Å². The first kappa shape index (κ1) is 16.9. The molecular formula is C17H19ClFN3O2. The van der Waals surface area contributed by atoms with Crippen LogP contribution in [0.2, 0.25) is 5.02 Å². The van der Waals surface area contributed by atoms with Crippen molar-refractivity contribution in [2.24, 2.45) is 14.1 Å². The van der Waals surface area contributed by atoms with Gasteiger partial charge in [-0.1, -0.05) is 17.7 Å². The smallest absolute Gasteiger partial charge is 0.299 e. The van der Waals surface area contributed by atoms with Crippen LogP contribution in [-0.4, -0.2) is 20.1 Å². The van der Waals surface area contributed by atoms with E-state index in [0.29, 0.717) is 35.4 Å². The van der Waals surface area contributed by atoms with Crippen molar-refractivity contribution in [2.75, 3.05) is 0 Å². The fourth-order valence-corrected chi connectivity index (χ4v) is 3.00. The predicted molar refractivity (Wildman–Crippen MR) is 90.6 cm³/mol. The van der Waals surface area contributed by atoms with E-state index in [1.54, 1.807) is 19.2 Å². The number of benzene rings is 1. The molecule has 1 aliphatic rings. The van der Waals surface area contributed by atoms with Crippen LogP contribution in [0.1, 0.15) is 24.1 Å². The van der Waals surface area contributed by atoms with Gasteiger partial charge in [-0.15, -0.1) is 0 Å². The molecule has 24 heavy (non-hydrogen) atoms. The summed E-state index contributed by atoms with van der Waals surface area (Å²) in [6, 6.07) is 6.41. The SMILES string of the molecule is Cn1c(CN(Cc2c(F)cccc2Cl)C2CC2)cc(=O)n(C)c1=O. The van der Waals surface area contributed by atoms with E-state index in [9.17, 15) is 14.0 Å². The summed E-state index contributed by atoms with van der Waals surface area (Å²) in [6.07, 6.45) is 2.04. The first-order valence-electron chi connectivity index (χ1n) is 7.81. The second-order valence-electron chi connectivity index (χ2n) is 6.21. The lowest BCUT2D eigenvalue weighted by Crippen LogP contribution is -2.39. The average molecular weight is 352 g/mol. The number of nitrogens with zero attached hydrogens (tertiary/aromatic N) is 3. The highest BCUT2D eigenvalue weighted by Gasteiger charge is 2.30. The second-order valence-corrected chi connectivity index (χ2v) is 6.62. The summed E-state index contributed by atoms with van der Waals surface area (Å²) in [5.41, 5.74) is 0.354. The molecule has 0 radical (unpaired) electrons. The molecule has 0 bridgehead atoms. The molecule has 1 aliphatic carbocycles. The Morgan fingerprint density at radius 2 is 1.92 bits per heavy atom. The van der Waals surface area contributed by atoms with Crippen LogP contribution in [0.5, 0.6) is 0 Å². The molecule has 0 amide bonds. The van der Waals surface area contributed by atoms with E-state index in [4.69, 9.17) is 11.6 Å². The third kappa shape index (κ3) is 3.30. The summed E-state index contributed by atoms with van der Waals surface area (Å²) in [5, 5.41) is 0.388. The normalized spacial score (nSPS) is 14.4. The molecule has 3 rings (SSSR count). The topological polar surface area (TPSA) is 47.2 Å². The molecule has 5 nitrogen and oxygen atoms in total. The molecule has 0 N–H and O–H groups in total. The first-order chi connectivity index (χ1) is 11.4. The van der Waals surface area contributed by atoms with E-state index in [2.05, 4.69) is 4.90 Å². The number of aromatic nitrogens is 2. The fourth-order valence-electron chi connectivity index (χ4n) is 2.78. The van der Waals surface area contributed by atoms with Crippen LogP contribution in [0.3, 0.4) is 0 Å². The Kier molecular flexibility index (Phi) is 4.60. The Bertz CT molecular complexity index is 866. The zero-order valence-electron chi connectivity index (χ0n) is 13.6. The molecule has 1 saturated carbocycles. The zero-order chi connectivity index (χ0) is 17.4. The fraction of sp³-hybridized carbons (Fsp3) is 0.412. The molecule has 0 spiro atoms. The van der Waals surface area contributed by atoms with E-state index < -0.39 is 0 Å². The van der Waals surface area contributed by atoms with Gasteiger partial charge in [-0.05, 0) is 25.0 Å². The number of halogens is 2. The van der Waals surface area contributed by atoms with Crippen molar-refractivity contribution in [3.63, 3.8) is 0 Å². The van der Waals surface area contributed by atoms with Crippen molar-refractivity contribution >= 4 is 11.6 Å². The summed E-state index contributed by atoms with van der Waals surface area (Å²) in [6.45, 7) is 0.747. The second kappa shape index (κ2) is 6.53. The Morgan fingerprint density at radius 1 is 1.21 bits per heavy atom. The molecular weight excluding hydrogens is 333 g/mol. The van der Waals surface area contributed by atoms with Gasteiger partial charge in [-0.3, -0.25) is 18.8 Å². The van der Waals surface area contributed by atoms with E-state index in [1.807, 2.05) is 0 Å². The largest absolute Gasteiger partial charge is 0.330 e. The molecule has 0 saturated heterocycles. The van der Waals surface area contributed by atoms with E-state index in [0.717, 1.165) is 17.4 Å². The molecule has 1 heterocycles. The summed E-state index contributed by atoms with van der Waals surface area (Å²) in [5.74, 6) is -0.342. The van der Waals surface area contributed by atoms with Crippen molar-refractivity contribution in [3.8, 4) is 0 Å². The quantitative estimate of drug-likeness (QED) is 0.828. The van der Waals surface area contributed by atoms with Crippen LogP contribution in [-0.2, 0) is 27.2 Å². The minimum Gasteiger partial charge on any atom is -0.299 e. The Hall–Kier alpha value is -1.92. The van der Waals surface area contributed by atoms with Gasteiger partial charge in [0.1, 0.15) is 5.82 Å². The third-order valence-corrected chi connectivity index (χ3v) is 4.83. The standard InChI is InChI=1S/C17H19ClFN3O2/c1-20-12(8-16(23)21(2)17(20)24)9-22(11-6-7-11)10-13-14(18)4-3-5-15(13)19/h3-5,8,11H,6-7,9-10H2,1-2H3. The van der Waals surface area contributed by atoms with Crippen molar-refractivity contribution < 1.29 is 4.39 Å². The highest BCUT2D eigenvalue weighted by atomic mass is 35.5. The molecule has 0 unspecified atom stereocenters. The van der Waals surface area contributed by atoms with Crippen molar-refractivity contribution in [1.82, 2.24) is 14.0 Å². The summed E-state index contributed by atoms with van der Waals surface area (Å²) in [4.78, 5) is 26.0.